The maximum absolute atomic E-state index is 3.98. The molecule has 0 bridgehead atoms. The first-order valence-electron chi connectivity index (χ1n) is 7.81. The summed E-state index contributed by atoms with van der Waals surface area (Å²) in [6.07, 6.45) is 8.61. The Labute approximate surface area is 124 Å². The fraction of sp³-hybridized carbons (Fsp3) is 0.647. The predicted octanol–water partition coefficient (Wildman–Crippen LogP) is 4.47. The van der Waals surface area contributed by atoms with Crippen molar-refractivity contribution in [2.45, 2.75) is 56.5 Å². The third-order valence-electron chi connectivity index (χ3n) is 5.15. The van der Waals surface area contributed by atoms with E-state index in [1.54, 1.807) is 0 Å². The summed E-state index contributed by atoms with van der Waals surface area (Å²) in [5, 5.41) is 3.98. The van der Waals surface area contributed by atoms with Gasteiger partial charge in [0.25, 0.3) is 0 Å². The third-order valence-corrected chi connectivity index (χ3v) is 5.64. The van der Waals surface area contributed by atoms with E-state index in [1.165, 1.54) is 48.6 Å². The number of rotatable bonds is 5. The SMILES string of the molecule is Brc1cccc(C2CC(NC(C3CC3)C3CC3)C2)c1. The van der Waals surface area contributed by atoms with Gasteiger partial charge in [0.05, 0.1) is 0 Å². The Morgan fingerprint density at radius 2 is 1.74 bits per heavy atom. The van der Waals surface area contributed by atoms with Crippen LogP contribution in [0.25, 0.3) is 0 Å². The van der Waals surface area contributed by atoms with Crippen LogP contribution >= 0.6 is 15.9 Å². The number of hydrogen-bond donors (Lipinski definition) is 1. The van der Waals surface area contributed by atoms with Gasteiger partial charge in [0.15, 0.2) is 0 Å². The molecule has 0 heterocycles. The molecule has 0 atom stereocenters. The topological polar surface area (TPSA) is 12.0 Å². The fourth-order valence-corrected chi connectivity index (χ4v) is 4.04. The molecule has 0 spiro atoms. The molecule has 3 fully saturated rings. The molecule has 2 heteroatoms. The van der Waals surface area contributed by atoms with Crippen molar-refractivity contribution in [2.24, 2.45) is 11.8 Å². The Hall–Kier alpha value is -0.340. The predicted molar refractivity (Wildman–Crippen MR) is 82.3 cm³/mol. The maximum atomic E-state index is 3.98. The monoisotopic (exact) mass is 319 g/mol. The van der Waals surface area contributed by atoms with Crippen molar-refractivity contribution in [3.8, 4) is 0 Å². The lowest BCUT2D eigenvalue weighted by molar-refractivity contribution is 0.242. The lowest BCUT2D eigenvalue weighted by Gasteiger charge is -2.39. The molecular weight excluding hydrogens is 298 g/mol. The summed E-state index contributed by atoms with van der Waals surface area (Å²) in [5.41, 5.74) is 1.52. The maximum Gasteiger partial charge on any atom is 0.0178 e. The van der Waals surface area contributed by atoms with Crippen LogP contribution in [-0.2, 0) is 0 Å². The van der Waals surface area contributed by atoms with Gasteiger partial charge in [-0.3, -0.25) is 0 Å². The lowest BCUT2D eigenvalue weighted by atomic mass is 9.75. The van der Waals surface area contributed by atoms with Crippen LogP contribution in [0.5, 0.6) is 0 Å². The van der Waals surface area contributed by atoms with E-state index in [1.807, 2.05) is 0 Å². The Morgan fingerprint density at radius 1 is 1.05 bits per heavy atom. The summed E-state index contributed by atoms with van der Waals surface area (Å²) in [6.45, 7) is 0. The Bertz CT molecular complexity index is 446. The number of nitrogens with one attached hydrogen (secondary N) is 1. The number of halogens is 1. The van der Waals surface area contributed by atoms with E-state index in [0.717, 1.165) is 29.8 Å². The Kier molecular flexibility index (Phi) is 3.19. The molecule has 0 saturated heterocycles. The molecule has 0 amide bonds. The van der Waals surface area contributed by atoms with Gasteiger partial charge in [0.2, 0.25) is 0 Å². The minimum absolute atomic E-state index is 0.786. The zero-order valence-corrected chi connectivity index (χ0v) is 12.9. The molecule has 0 unspecified atom stereocenters. The van der Waals surface area contributed by atoms with Crippen molar-refractivity contribution in [1.82, 2.24) is 5.32 Å². The number of benzene rings is 1. The van der Waals surface area contributed by atoms with Gasteiger partial charge >= 0.3 is 0 Å². The quantitative estimate of drug-likeness (QED) is 0.844. The van der Waals surface area contributed by atoms with Crippen LogP contribution in [0.1, 0.15) is 50.0 Å². The second-order valence-corrected chi connectivity index (χ2v) is 7.70. The molecule has 3 saturated carbocycles. The summed E-state index contributed by atoms with van der Waals surface area (Å²) >= 11 is 3.58. The van der Waals surface area contributed by atoms with Crippen LogP contribution in [0, 0.1) is 11.8 Å². The van der Waals surface area contributed by atoms with Crippen molar-refractivity contribution in [3.63, 3.8) is 0 Å². The van der Waals surface area contributed by atoms with Crippen molar-refractivity contribution < 1.29 is 0 Å². The summed E-state index contributed by atoms with van der Waals surface area (Å²) in [7, 11) is 0. The van der Waals surface area contributed by atoms with Gasteiger partial charge in [-0.05, 0) is 74.0 Å². The van der Waals surface area contributed by atoms with E-state index >= 15 is 0 Å². The van der Waals surface area contributed by atoms with Gasteiger partial charge in [-0.2, -0.15) is 0 Å². The first-order chi connectivity index (χ1) is 9.29. The zero-order valence-electron chi connectivity index (χ0n) is 11.3. The molecule has 1 aromatic carbocycles. The molecule has 3 aliphatic carbocycles. The molecule has 102 valence electrons. The Balaban J connectivity index is 1.32. The molecular formula is C17H22BrN. The highest BCUT2D eigenvalue weighted by molar-refractivity contribution is 9.10. The minimum Gasteiger partial charge on any atom is -0.311 e. The third kappa shape index (κ3) is 2.75. The standard InChI is InChI=1S/C17H22BrN/c18-15-3-1-2-13(8-15)14-9-16(10-14)19-17(11-4-5-11)12-6-7-12/h1-3,8,11-12,14,16-17,19H,4-7,9-10H2. The van der Waals surface area contributed by atoms with E-state index in [2.05, 4.69) is 45.5 Å². The van der Waals surface area contributed by atoms with Crippen molar-refractivity contribution in [1.29, 1.82) is 0 Å². The van der Waals surface area contributed by atoms with Gasteiger partial charge < -0.3 is 5.32 Å². The smallest absolute Gasteiger partial charge is 0.0178 e. The van der Waals surface area contributed by atoms with E-state index in [-0.39, 0.29) is 0 Å². The second kappa shape index (κ2) is 4.89. The van der Waals surface area contributed by atoms with Gasteiger partial charge in [-0.25, -0.2) is 0 Å². The summed E-state index contributed by atoms with van der Waals surface area (Å²) in [4.78, 5) is 0. The summed E-state index contributed by atoms with van der Waals surface area (Å²) < 4.78 is 1.22. The van der Waals surface area contributed by atoms with Crippen LogP contribution in [0.3, 0.4) is 0 Å². The van der Waals surface area contributed by atoms with Crippen LogP contribution in [0.15, 0.2) is 28.7 Å². The molecule has 4 rings (SSSR count). The van der Waals surface area contributed by atoms with E-state index < -0.39 is 0 Å². The van der Waals surface area contributed by atoms with Crippen LogP contribution in [0.2, 0.25) is 0 Å². The van der Waals surface area contributed by atoms with E-state index in [0.29, 0.717) is 0 Å². The first kappa shape index (κ1) is 12.4. The highest BCUT2D eigenvalue weighted by atomic mass is 79.9. The largest absolute Gasteiger partial charge is 0.311 e. The molecule has 0 aromatic heterocycles. The normalized spacial score (nSPS) is 30.4. The van der Waals surface area contributed by atoms with Crippen molar-refractivity contribution >= 4 is 15.9 Å². The lowest BCUT2D eigenvalue weighted by Crippen LogP contribution is -2.47. The molecule has 0 aliphatic heterocycles. The fourth-order valence-electron chi connectivity index (χ4n) is 3.63. The van der Waals surface area contributed by atoms with E-state index in [4.69, 9.17) is 0 Å². The highest BCUT2D eigenvalue weighted by Crippen LogP contribution is 2.46. The van der Waals surface area contributed by atoms with Crippen LogP contribution in [-0.4, -0.2) is 12.1 Å². The molecule has 0 radical (unpaired) electrons. The van der Waals surface area contributed by atoms with Gasteiger partial charge in [0, 0.05) is 16.6 Å². The van der Waals surface area contributed by atoms with Crippen LogP contribution in [0.4, 0.5) is 0 Å². The molecule has 1 nitrogen and oxygen atoms in total. The molecule has 19 heavy (non-hydrogen) atoms. The molecule has 1 N–H and O–H groups in total. The van der Waals surface area contributed by atoms with Gasteiger partial charge in [-0.1, -0.05) is 28.1 Å². The first-order valence-corrected chi connectivity index (χ1v) is 8.60. The minimum atomic E-state index is 0.786. The Morgan fingerprint density at radius 3 is 2.32 bits per heavy atom. The average molecular weight is 320 g/mol. The van der Waals surface area contributed by atoms with Crippen molar-refractivity contribution in [3.05, 3.63) is 34.3 Å². The van der Waals surface area contributed by atoms with Crippen molar-refractivity contribution in [2.75, 3.05) is 0 Å². The van der Waals surface area contributed by atoms with Gasteiger partial charge in [-0.15, -0.1) is 0 Å². The highest BCUT2D eigenvalue weighted by Gasteiger charge is 2.43. The zero-order chi connectivity index (χ0) is 12.8. The molecule has 1 aromatic rings. The van der Waals surface area contributed by atoms with Crippen LogP contribution < -0.4 is 5.32 Å². The summed E-state index contributed by atoms with van der Waals surface area (Å²) in [6, 6.07) is 10.5. The number of hydrogen-bond acceptors (Lipinski definition) is 1. The average Bonchev–Trinajstić information content (AvgIpc) is 3.22. The van der Waals surface area contributed by atoms with E-state index in [9.17, 15) is 0 Å². The van der Waals surface area contributed by atoms with Gasteiger partial charge in [0.1, 0.15) is 0 Å². The molecule has 3 aliphatic rings. The summed E-state index contributed by atoms with van der Waals surface area (Å²) in [5.74, 6) is 2.84. The second-order valence-electron chi connectivity index (χ2n) is 6.79.